The van der Waals surface area contributed by atoms with Crippen molar-refractivity contribution < 1.29 is 9.59 Å². The van der Waals surface area contributed by atoms with Crippen LogP contribution in [0.5, 0.6) is 0 Å². The quantitative estimate of drug-likeness (QED) is 0.537. The Hall–Kier alpha value is -2.27. The van der Waals surface area contributed by atoms with Crippen LogP contribution in [0.15, 0.2) is 53.4 Å². The SMILES string of the molecule is CCC(C)NC(=O)C(CC)N(Cc1ccc(C)cc1)C(=O)CSc1ccc(C)cc1. The van der Waals surface area contributed by atoms with Crippen LogP contribution in [-0.4, -0.2) is 34.6 Å². The van der Waals surface area contributed by atoms with E-state index in [0.29, 0.717) is 18.7 Å². The molecule has 0 spiro atoms. The van der Waals surface area contributed by atoms with Gasteiger partial charge < -0.3 is 10.2 Å². The van der Waals surface area contributed by atoms with E-state index >= 15 is 0 Å². The van der Waals surface area contributed by atoms with E-state index in [0.717, 1.165) is 16.9 Å². The summed E-state index contributed by atoms with van der Waals surface area (Å²) in [6.07, 6.45) is 1.44. The van der Waals surface area contributed by atoms with E-state index in [1.807, 2.05) is 83.1 Å². The summed E-state index contributed by atoms with van der Waals surface area (Å²) in [6.45, 7) is 10.5. The number of aryl methyl sites for hydroxylation is 2. The van der Waals surface area contributed by atoms with Crippen LogP contribution >= 0.6 is 11.8 Å². The normalized spacial score (nSPS) is 12.8. The summed E-state index contributed by atoms with van der Waals surface area (Å²) in [6, 6.07) is 15.9. The van der Waals surface area contributed by atoms with Gasteiger partial charge in [0.2, 0.25) is 11.8 Å². The number of rotatable bonds is 10. The number of thioether (sulfide) groups is 1. The van der Waals surface area contributed by atoms with Gasteiger partial charge in [-0.05, 0) is 51.3 Å². The lowest BCUT2D eigenvalue weighted by Gasteiger charge is -2.31. The van der Waals surface area contributed by atoms with Gasteiger partial charge in [0.15, 0.2) is 0 Å². The Labute approximate surface area is 185 Å². The maximum atomic E-state index is 13.2. The Kier molecular flexibility index (Phi) is 9.44. The first-order chi connectivity index (χ1) is 14.3. The number of carbonyl (C=O) groups excluding carboxylic acids is 2. The Morgan fingerprint density at radius 3 is 2.03 bits per heavy atom. The van der Waals surface area contributed by atoms with Crippen LogP contribution in [0.1, 0.15) is 50.3 Å². The predicted octanol–water partition coefficient (Wildman–Crippen LogP) is 5.12. The lowest BCUT2D eigenvalue weighted by Crippen LogP contribution is -2.51. The first-order valence-electron chi connectivity index (χ1n) is 10.7. The molecule has 0 saturated carbocycles. The predicted molar refractivity (Wildman–Crippen MR) is 126 cm³/mol. The maximum absolute atomic E-state index is 13.2. The van der Waals surface area contributed by atoms with Crippen molar-refractivity contribution in [2.75, 3.05) is 5.75 Å². The first kappa shape index (κ1) is 24.0. The van der Waals surface area contributed by atoms with Gasteiger partial charge in [-0.15, -0.1) is 11.8 Å². The number of carbonyl (C=O) groups is 2. The van der Waals surface area contributed by atoms with Crippen molar-refractivity contribution in [2.24, 2.45) is 0 Å². The van der Waals surface area contributed by atoms with Crippen LogP contribution in [0.4, 0.5) is 0 Å². The molecular weight excluding hydrogens is 392 g/mol. The fraction of sp³-hybridized carbons (Fsp3) is 0.440. The molecule has 2 rings (SSSR count). The van der Waals surface area contributed by atoms with E-state index in [9.17, 15) is 9.59 Å². The highest BCUT2D eigenvalue weighted by Crippen LogP contribution is 2.21. The largest absolute Gasteiger partial charge is 0.352 e. The van der Waals surface area contributed by atoms with E-state index in [-0.39, 0.29) is 17.9 Å². The molecule has 2 unspecified atom stereocenters. The molecule has 0 radical (unpaired) electrons. The molecular formula is C25H34N2O2S. The fourth-order valence-electron chi connectivity index (χ4n) is 3.11. The van der Waals surface area contributed by atoms with Gasteiger partial charge in [-0.1, -0.05) is 61.4 Å². The van der Waals surface area contributed by atoms with E-state index in [1.165, 1.54) is 22.9 Å². The summed E-state index contributed by atoms with van der Waals surface area (Å²) in [5.74, 6) is 0.210. The second-order valence-electron chi connectivity index (χ2n) is 7.85. The summed E-state index contributed by atoms with van der Waals surface area (Å²) in [5.41, 5.74) is 3.40. The van der Waals surface area contributed by atoms with E-state index in [4.69, 9.17) is 0 Å². The Bertz CT molecular complexity index is 818. The number of hydrogen-bond donors (Lipinski definition) is 1. The van der Waals surface area contributed by atoms with Crippen molar-refractivity contribution in [3.63, 3.8) is 0 Å². The molecule has 0 bridgehead atoms. The molecule has 0 heterocycles. The highest BCUT2D eigenvalue weighted by molar-refractivity contribution is 8.00. The number of benzene rings is 2. The van der Waals surface area contributed by atoms with Gasteiger partial charge in [-0.2, -0.15) is 0 Å². The van der Waals surface area contributed by atoms with Crippen molar-refractivity contribution in [1.82, 2.24) is 10.2 Å². The average molecular weight is 427 g/mol. The van der Waals surface area contributed by atoms with Crippen molar-refractivity contribution in [1.29, 1.82) is 0 Å². The van der Waals surface area contributed by atoms with Crippen LogP contribution in [0, 0.1) is 13.8 Å². The zero-order valence-corrected chi connectivity index (χ0v) is 19.6. The topological polar surface area (TPSA) is 49.4 Å². The highest BCUT2D eigenvalue weighted by Gasteiger charge is 2.29. The molecule has 2 atom stereocenters. The molecule has 1 N–H and O–H groups in total. The summed E-state index contributed by atoms with van der Waals surface area (Å²) < 4.78 is 0. The standard InChI is InChI=1S/C25H34N2O2S/c1-6-20(5)26-25(29)23(7-2)27(16-21-12-8-18(3)9-13-21)24(28)17-30-22-14-10-19(4)11-15-22/h8-15,20,23H,6-7,16-17H2,1-5H3,(H,26,29). The third-order valence-corrected chi connectivity index (χ3v) is 6.24. The summed E-state index contributed by atoms with van der Waals surface area (Å²) in [4.78, 5) is 29.0. The van der Waals surface area contributed by atoms with Gasteiger partial charge >= 0.3 is 0 Å². The molecule has 2 aromatic carbocycles. The third-order valence-electron chi connectivity index (χ3n) is 5.24. The molecule has 4 nitrogen and oxygen atoms in total. The minimum absolute atomic E-state index is 0.0210. The molecule has 162 valence electrons. The number of amides is 2. The number of nitrogens with one attached hydrogen (secondary N) is 1. The van der Waals surface area contributed by atoms with Gasteiger partial charge in [0.25, 0.3) is 0 Å². The lowest BCUT2D eigenvalue weighted by molar-refractivity contribution is -0.139. The second-order valence-corrected chi connectivity index (χ2v) is 8.90. The van der Waals surface area contributed by atoms with Crippen molar-refractivity contribution in [3.05, 3.63) is 65.2 Å². The molecule has 30 heavy (non-hydrogen) atoms. The third kappa shape index (κ3) is 7.21. The summed E-state index contributed by atoms with van der Waals surface area (Å²) in [7, 11) is 0. The zero-order valence-electron chi connectivity index (χ0n) is 18.8. The first-order valence-corrected chi connectivity index (χ1v) is 11.7. The van der Waals surface area contributed by atoms with E-state index < -0.39 is 6.04 Å². The zero-order chi connectivity index (χ0) is 22.1. The molecule has 0 aliphatic heterocycles. The van der Waals surface area contributed by atoms with Crippen LogP contribution < -0.4 is 5.32 Å². The Morgan fingerprint density at radius 2 is 1.50 bits per heavy atom. The fourth-order valence-corrected chi connectivity index (χ4v) is 3.90. The van der Waals surface area contributed by atoms with Crippen molar-refractivity contribution >= 4 is 23.6 Å². The molecule has 5 heteroatoms. The van der Waals surface area contributed by atoms with Crippen LogP contribution in [0.25, 0.3) is 0 Å². The molecule has 2 aromatic rings. The monoisotopic (exact) mass is 426 g/mol. The van der Waals surface area contributed by atoms with E-state index in [1.54, 1.807) is 4.90 Å². The number of hydrogen-bond acceptors (Lipinski definition) is 3. The smallest absolute Gasteiger partial charge is 0.243 e. The molecule has 2 amide bonds. The van der Waals surface area contributed by atoms with Gasteiger partial charge in [-0.3, -0.25) is 9.59 Å². The van der Waals surface area contributed by atoms with Crippen LogP contribution in [0.2, 0.25) is 0 Å². The minimum Gasteiger partial charge on any atom is -0.352 e. The van der Waals surface area contributed by atoms with Crippen LogP contribution in [0.3, 0.4) is 0 Å². The summed E-state index contributed by atoms with van der Waals surface area (Å²) in [5, 5.41) is 3.05. The van der Waals surface area contributed by atoms with Gasteiger partial charge in [0, 0.05) is 17.5 Å². The molecule has 0 aromatic heterocycles. The molecule has 0 aliphatic carbocycles. The lowest BCUT2D eigenvalue weighted by atomic mass is 10.1. The Morgan fingerprint density at radius 1 is 0.933 bits per heavy atom. The molecule has 0 fully saturated rings. The van der Waals surface area contributed by atoms with Gasteiger partial charge in [0.05, 0.1) is 5.75 Å². The number of nitrogens with zero attached hydrogens (tertiary/aromatic N) is 1. The maximum Gasteiger partial charge on any atom is 0.243 e. The van der Waals surface area contributed by atoms with Crippen LogP contribution in [-0.2, 0) is 16.1 Å². The van der Waals surface area contributed by atoms with Gasteiger partial charge in [0.1, 0.15) is 6.04 Å². The average Bonchev–Trinajstić information content (AvgIpc) is 2.74. The van der Waals surface area contributed by atoms with Crippen molar-refractivity contribution in [3.8, 4) is 0 Å². The van der Waals surface area contributed by atoms with Gasteiger partial charge in [-0.25, -0.2) is 0 Å². The second kappa shape index (κ2) is 11.8. The Balaban J connectivity index is 2.19. The highest BCUT2D eigenvalue weighted by atomic mass is 32.2. The molecule has 0 aliphatic rings. The summed E-state index contributed by atoms with van der Waals surface area (Å²) >= 11 is 1.51. The molecule has 0 saturated heterocycles. The van der Waals surface area contributed by atoms with E-state index in [2.05, 4.69) is 5.32 Å². The van der Waals surface area contributed by atoms with Crippen molar-refractivity contribution in [2.45, 2.75) is 71.0 Å². The minimum atomic E-state index is -0.480.